The minimum atomic E-state index is -0.180. The molecule has 6 nitrogen and oxygen atoms in total. The first-order chi connectivity index (χ1) is 13.7. The van der Waals surface area contributed by atoms with E-state index in [0.29, 0.717) is 30.8 Å². The van der Waals surface area contributed by atoms with Gasteiger partial charge in [0.15, 0.2) is 16.0 Å². The topological polar surface area (TPSA) is 61.7 Å². The van der Waals surface area contributed by atoms with Crippen molar-refractivity contribution in [3.8, 4) is 11.3 Å². The number of benzene rings is 1. The van der Waals surface area contributed by atoms with Gasteiger partial charge in [0, 0.05) is 24.6 Å². The number of carbonyl (C=O) groups excluding carboxylic acids is 1. The number of aryl methyl sites for hydroxylation is 1. The number of aromatic nitrogens is 3. The van der Waals surface area contributed by atoms with Crippen LogP contribution in [-0.2, 0) is 16.1 Å². The van der Waals surface area contributed by atoms with Crippen molar-refractivity contribution in [2.75, 3.05) is 6.61 Å². The van der Waals surface area contributed by atoms with E-state index >= 15 is 0 Å². The highest BCUT2D eigenvalue weighted by Gasteiger charge is 2.24. The van der Waals surface area contributed by atoms with Crippen LogP contribution in [0, 0.1) is 4.77 Å². The molecular formula is C20H17N3O3S2. The predicted octanol–water partition coefficient (Wildman–Crippen LogP) is 5.27. The van der Waals surface area contributed by atoms with Gasteiger partial charge >= 0.3 is 5.97 Å². The first-order valence-electron chi connectivity index (χ1n) is 9.15. The Balaban J connectivity index is 1.57. The second-order valence-corrected chi connectivity index (χ2v) is 7.69. The van der Waals surface area contributed by atoms with Crippen LogP contribution in [-0.4, -0.2) is 25.9 Å². The molecular weight excluding hydrogens is 394 g/mol. The molecule has 0 aliphatic carbocycles. The van der Waals surface area contributed by atoms with Gasteiger partial charge in [-0.15, -0.1) is 0 Å². The van der Waals surface area contributed by atoms with Crippen LogP contribution >= 0.6 is 23.8 Å². The zero-order valence-corrected chi connectivity index (χ0v) is 16.8. The zero-order chi connectivity index (χ0) is 19.3. The van der Waals surface area contributed by atoms with Crippen LogP contribution in [0.3, 0.4) is 0 Å². The lowest BCUT2D eigenvalue weighted by molar-refractivity contribution is -0.143. The molecule has 0 atom stereocenters. The number of esters is 1. The van der Waals surface area contributed by atoms with Gasteiger partial charge in [0.05, 0.1) is 12.1 Å². The van der Waals surface area contributed by atoms with Gasteiger partial charge in [-0.2, -0.15) is 4.37 Å². The number of imidazole rings is 1. The Bertz CT molecular complexity index is 1340. The summed E-state index contributed by atoms with van der Waals surface area (Å²) >= 11 is 7.16. The molecule has 0 N–H and O–H groups in total. The van der Waals surface area contributed by atoms with Gasteiger partial charge in [-0.1, -0.05) is 30.3 Å². The number of rotatable bonds is 6. The van der Waals surface area contributed by atoms with E-state index in [4.69, 9.17) is 21.4 Å². The Morgan fingerprint density at radius 2 is 2.14 bits per heavy atom. The third-order valence-electron chi connectivity index (χ3n) is 4.84. The van der Waals surface area contributed by atoms with E-state index in [-0.39, 0.29) is 5.97 Å². The summed E-state index contributed by atoms with van der Waals surface area (Å²) in [5.41, 5.74) is 4.66. The molecule has 0 bridgehead atoms. The second-order valence-electron chi connectivity index (χ2n) is 6.55. The number of nitrogens with zero attached hydrogens (tertiary/aromatic N) is 3. The predicted molar refractivity (Wildman–Crippen MR) is 112 cm³/mol. The van der Waals surface area contributed by atoms with E-state index in [1.54, 1.807) is 0 Å². The minimum absolute atomic E-state index is 0.180. The van der Waals surface area contributed by atoms with Crippen LogP contribution in [0.4, 0.5) is 0 Å². The molecule has 0 fully saturated rings. The number of ether oxygens (including phenoxy) is 1. The fourth-order valence-electron chi connectivity index (χ4n) is 3.61. The van der Waals surface area contributed by atoms with E-state index in [9.17, 15) is 4.79 Å². The maximum Gasteiger partial charge on any atom is 0.305 e. The number of hydrogen-bond acceptors (Lipinski definition) is 6. The molecule has 0 saturated carbocycles. The monoisotopic (exact) mass is 411 g/mol. The minimum Gasteiger partial charge on any atom is -0.466 e. The van der Waals surface area contributed by atoms with Crippen LogP contribution in [0.1, 0.15) is 19.8 Å². The van der Waals surface area contributed by atoms with Crippen molar-refractivity contribution in [3.63, 3.8) is 0 Å². The highest BCUT2D eigenvalue weighted by molar-refractivity contribution is 7.71. The molecule has 0 radical (unpaired) electrons. The van der Waals surface area contributed by atoms with Crippen molar-refractivity contribution in [2.45, 2.75) is 26.3 Å². The smallest absolute Gasteiger partial charge is 0.305 e. The molecule has 142 valence electrons. The summed E-state index contributed by atoms with van der Waals surface area (Å²) in [5.74, 6) is 0.634. The maximum absolute atomic E-state index is 11.6. The zero-order valence-electron chi connectivity index (χ0n) is 15.2. The molecule has 5 aromatic rings. The molecule has 1 aromatic carbocycles. The molecule has 0 unspecified atom stereocenters. The molecule has 0 saturated heterocycles. The van der Waals surface area contributed by atoms with E-state index < -0.39 is 0 Å². The van der Waals surface area contributed by atoms with E-state index in [1.165, 1.54) is 11.5 Å². The standard InChI is InChI=1S/C20H17N3O3S2/c1-2-25-15(24)9-6-10-22-19-16-18(28-21-19)17-13(23(16)20(22)27)11-14(26-17)12-7-4-3-5-8-12/h3-5,7-8,11H,2,6,9-10H2,1H3. The highest BCUT2D eigenvalue weighted by Crippen LogP contribution is 2.40. The van der Waals surface area contributed by atoms with Crippen molar-refractivity contribution in [3.05, 3.63) is 41.2 Å². The Hall–Kier alpha value is -2.71. The Kier molecular flexibility index (Phi) is 4.17. The van der Waals surface area contributed by atoms with Crippen molar-refractivity contribution >= 4 is 56.7 Å². The summed E-state index contributed by atoms with van der Waals surface area (Å²) in [4.78, 5) is 11.6. The normalized spacial score (nSPS) is 11.9. The lowest BCUT2D eigenvalue weighted by Gasteiger charge is -2.03. The van der Waals surface area contributed by atoms with Gasteiger partial charge in [-0.25, -0.2) is 0 Å². The molecule has 28 heavy (non-hydrogen) atoms. The average Bonchev–Trinajstić information content (AvgIpc) is 3.41. The molecule has 0 amide bonds. The van der Waals surface area contributed by atoms with Crippen molar-refractivity contribution in [1.29, 1.82) is 0 Å². The number of furan rings is 1. The Morgan fingerprint density at radius 3 is 2.93 bits per heavy atom. The van der Waals surface area contributed by atoms with Crippen LogP contribution < -0.4 is 0 Å². The van der Waals surface area contributed by atoms with E-state index in [0.717, 1.165) is 38.3 Å². The lowest BCUT2D eigenvalue weighted by Crippen LogP contribution is -2.06. The molecule has 0 aliphatic rings. The maximum atomic E-state index is 11.6. The highest BCUT2D eigenvalue weighted by atomic mass is 32.1. The summed E-state index contributed by atoms with van der Waals surface area (Å²) in [5, 5.41) is 0. The SMILES string of the molecule is CCOC(=O)CCCn1c(=S)n2c3cc(-c4ccccc4)oc3c3snc1c32. The third-order valence-corrected chi connectivity index (χ3v) is 6.07. The molecule has 8 heteroatoms. The first-order valence-corrected chi connectivity index (χ1v) is 10.3. The van der Waals surface area contributed by atoms with Gasteiger partial charge < -0.3 is 13.7 Å². The van der Waals surface area contributed by atoms with Gasteiger partial charge in [0.25, 0.3) is 0 Å². The first kappa shape index (κ1) is 17.4. The Labute approximate surface area is 169 Å². The molecule has 0 aliphatic heterocycles. The summed E-state index contributed by atoms with van der Waals surface area (Å²) in [6.45, 7) is 2.84. The molecule has 4 heterocycles. The lowest BCUT2D eigenvalue weighted by atomic mass is 10.2. The van der Waals surface area contributed by atoms with E-state index in [1.807, 2.05) is 52.3 Å². The van der Waals surface area contributed by atoms with Crippen LogP contribution in [0.15, 0.2) is 40.8 Å². The second kappa shape index (κ2) is 6.72. The Morgan fingerprint density at radius 1 is 1.32 bits per heavy atom. The van der Waals surface area contributed by atoms with Gasteiger partial charge in [0.1, 0.15) is 16.0 Å². The molecule has 0 spiro atoms. The number of carbonyl (C=O) groups is 1. The van der Waals surface area contributed by atoms with Crippen molar-refractivity contribution < 1.29 is 13.9 Å². The molecule has 5 rings (SSSR count). The van der Waals surface area contributed by atoms with Crippen molar-refractivity contribution in [2.24, 2.45) is 0 Å². The summed E-state index contributed by atoms with van der Waals surface area (Å²) in [7, 11) is 0. The van der Waals surface area contributed by atoms with E-state index in [2.05, 4.69) is 4.37 Å². The van der Waals surface area contributed by atoms with Crippen LogP contribution in [0.25, 0.3) is 38.3 Å². The van der Waals surface area contributed by atoms with Crippen molar-refractivity contribution in [1.82, 2.24) is 13.3 Å². The quantitative estimate of drug-likeness (QED) is 0.281. The number of hydrogen-bond donors (Lipinski definition) is 0. The van der Waals surface area contributed by atoms with Gasteiger partial charge in [-0.05, 0) is 37.1 Å². The van der Waals surface area contributed by atoms with Crippen LogP contribution in [0.5, 0.6) is 0 Å². The van der Waals surface area contributed by atoms with Gasteiger partial charge in [0.2, 0.25) is 0 Å². The fraction of sp³-hybridized carbons (Fsp3) is 0.250. The summed E-state index contributed by atoms with van der Waals surface area (Å²) in [6, 6.07) is 12.1. The largest absolute Gasteiger partial charge is 0.466 e. The number of fused-ring (bicyclic) bond motifs is 3. The summed E-state index contributed by atoms with van der Waals surface area (Å²) in [6.07, 6.45) is 1.03. The van der Waals surface area contributed by atoms with Gasteiger partial charge in [-0.3, -0.25) is 9.20 Å². The van der Waals surface area contributed by atoms with Crippen LogP contribution in [0.2, 0.25) is 0 Å². The fourth-order valence-corrected chi connectivity index (χ4v) is 4.83. The third kappa shape index (κ3) is 2.56. The molecule has 4 aromatic heterocycles. The average molecular weight is 412 g/mol. The summed E-state index contributed by atoms with van der Waals surface area (Å²) < 4.78 is 21.5.